The van der Waals surface area contributed by atoms with Gasteiger partial charge in [0.05, 0.1) is 26.4 Å². The Labute approximate surface area is 148 Å². The normalized spacial score (nSPS) is 10.6. The molecule has 0 fully saturated rings. The summed E-state index contributed by atoms with van der Waals surface area (Å²) in [6, 6.07) is 0. The molecule has 0 bridgehead atoms. The second kappa shape index (κ2) is 10.5. The third-order valence-electron chi connectivity index (χ3n) is 3.34. The summed E-state index contributed by atoms with van der Waals surface area (Å²) in [5.41, 5.74) is -1.15. The van der Waals surface area contributed by atoms with Crippen molar-refractivity contribution >= 4 is 23.6 Å². The molecule has 26 heavy (non-hydrogen) atoms. The number of hydrogen-bond acceptors (Lipinski definition) is 10. The molecular formula is C14H22N4O8. The molecule has 146 valence electrons. The van der Waals surface area contributed by atoms with E-state index >= 15 is 0 Å². The van der Waals surface area contributed by atoms with Crippen LogP contribution >= 0.6 is 0 Å². The molecule has 0 saturated heterocycles. The van der Waals surface area contributed by atoms with Crippen molar-refractivity contribution in [3.63, 3.8) is 0 Å². The second-order valence-electron chi connectivity index (χ2n) is 5.05. The minimum absolute atomic E-state index is 0.0923. The van der Waals surface area contributed by atoms with Crippen LogP contribution in [0.3, 0.4) is 0 Å². The molecule has 0 amide bonds. The molecule has 0 atom stereocenters. The number of aliphatic hydroxyl groups is 4. The van der Waals surface area contributed by atoms with Gasteiger partial charge < -0.3 is 40.4 Å². The molecule has 6 N–H and O–H groups in total. The van der Waals surface area contributed by atoms with E-state index in [1.54, 1.807) is 0 Å². The highest BCUT2D eigenvalue weighted by atomic mass is 16.4. The summed E-state index contributed by atoms with van der Waals surface area (Å²) >= 11 is 0. The van der Waals surface area contributed by atoms with Crippen LogP contribution in [0.5, 0.6) is 0 Å². The van der Waals surface area contributed by atoms with Crippen LogP contribution in [-0.4, -0.2) is 105 Å². The third-order valence-corrected chi connectivity index (χ3v) is 3.34. The number of hydrogen-bond donors (Lipinski definition) is 6. The molecule has 1 heterocycles. The fourth-order valence-corrected chi connectivity index (χ4v) is 2.28. The number of nitrogens with zero attached hydrogens (tertiary/aromatic N) is 4. The van der Waals surface area contributed by atoms with Crippen molar-refractivity contribution in [3.05, 3.63) is 11.4 Å². The topological polar surface area (TPSA) is 188 Å². The highest BCUT2D eigenvalue weighted by Crippen LogP contribution is 2.24. The van der Waals surface area contributed by atoms with E-state index in [0.717, 1.165) is 0 Å². The Morgan fingerprint density at radius 1 is 0.654 bits per heavy atom. The first-order valence-corrected chi connectivity index (χ1v) is 7.73. The number of aliphatic hydroxyl groups excluding tert-OH is 4. The lowest BCUT2D eigenvalue weighted by molar-refractivity contribution is 0.0672. The molecule has 12 nitrogen and oxygen atoms in total. The maximum Gasteiger partial charge on any atom is 0.358 e. The van der Waals surface area contributed by atoms with Gasteiger partial charge in [-0.05, 0) is 0 Å². The predicted octanol–water partition coefficient (Wildman–Crippen LogP) is -2.54. The van der Waals surface area contributed by atoms with Crippen LogP contribution in [0.25, 0.3) is 0 Å². The molecule has 1 rings (SSSR count). The van der Waals surface area contributed by atoms with Crippen LogP contribution < -0.4 is 9.80 Å². The number of aromatic nitrogens is 2. The van der Waals surface area contributed by atoms with Crippen LogP contribution in [0.1, 0.15) is 21.0 Å². The average molecular weight is 374 g/mol. The molecule has 0 spiro atoms. The first-order chi connectivity index (χ1) is 12.4. The molecule has 0 radical (unpaired) electrons. The Balaban J connectivity index is 3.60. The molecule has 1 aromatic rings. The van der Waals surface area contributed by atoms with Crippen molar-refractivity contribution in [1.29, 1.82) is 0 Å². The van der Waals surface area contributed by atoms with Crippen molar-refractivity contribution in [2.45, 2.75) is 0 Å². The standard InChI is InChI=1S/C14H22N4O8/c19-5-1-17(2-6-20)11-9(13(23)24)16-12(10(15-11)14(25)26)18(3-7-21)4-8-22/h19-22H,1-8H2,(H,23,24)(H,25,26). The monoisotopic (exact) mass is 374 g/mol. The number of carboxylic acid groups (broad SMARTS) is 2. The largest absolute Gasteiger partial charge is 0.476 e. The van der Waals surface area contributed by atoms with Crippen molar-refractivity contribution in [2.24, 2.45) is 0 Å². The van der Waals surface area contributed by atoms with Crippen LogP contribution in [0.2, 0.25) is 0 Å². The van der Waals surface area contributed by atoms with Gasteiger partial charge in [-0.1, -0.05) is 0 Å². The summed E-state index contributed by atoms with van der Waals surface area (Å²) in [5, 5.41) is 55.3. The van der Waals surface area contributed by atoms with Crippen LogP contribution in [-0.2, 0) is 0 Å². The van der Waals surface area contributed by atoms with Crippen LogP contribution in [0.15, 0.2) is 0 Å². The fourth-order valence-electron chi connectivity index (χ4n) is 2.28. The molecule has 0 aromatic carbocycles. The van der Waals surface area contributed by atoms with Gasteiger partial charge in [0.1, 0.15) is 0 Å². The van der Waals surface area contributed by atoms with E-state index in [-0.39, 0.29) is 64.2 Å². The molecule has 12 heteroatoms. The summed E-state index contributed by atoms with van der Waals surface area (Å²) < 4.78 is 0. The average Bonchev–Trinajstić information content (AvgIpc) is 2.60. The van der Waals surface area contributed by atoms with E-state index in [2.05, 4.69) is 9.97 Å². The van der Waals surface area contributed by atoms with Gasteiger partial charge in [0.15, 0.2) is 23.0 Å². The maximum absolute atomic E-state index is 11.6. The highest BCUT2D eigenvalue weighted by molar-refractivity contribution is 5.96. The minimum atomic E-state index is -1.49. The van der Waals surface area contributed by atoms with E-state index in [4.69, 9.17) is 20.4 Å². The van der Waals surface area contributed by atoms with Gasteiger partial charge in [-0.25, -0.2) is 19.6 Å². The number of rotatable bonds is 12. The summed E-state index contributed by atoms with van der Waals surface area (Å²) in [6.07, 6.45) is 0. The van der Waals surface area contributed by atoms with Crippen molar-refractivity contribution < 1.29 is 40.2 Å². The zero-order valence-corrected chi connectivity index (χ0v) is 13.9. The summed E-state index contributed by atoms with van der Waals surface area (Å²) in [7, 11) is 0. The number of carboxylic acids is 2. The first kappa shape index (κ1) is 21.5. The van der Waals surface area contributed by atoms with E-state index < -0.39 is 23.3 Å². The van der Waals surface area contributed by atoms with E-state index in [9.17, 15) is 19.8 Å². The smallest absolute Gasteiger partial charge is 0.358 e. The number of anilines is 2. The quantitative estimate of drug-likeness (QED) is 0.225. The Kier molecular flexibility index (Phi) is 8.64. The number of carbonyl (C=O) groups is 2. The van der Waals surface area contributed by atoms with E-state index in [0.29, 0.717) is 0 Å². The summed E-state index contributed by atoms with van der Waals surface area (Å²) in [5.74, 6) is -3.59. The van der Waals surface area contributed by atoms with Gasteiger partial charge in [0, 0.05) is 26.2 Å². The van der Waals surface area contributed by atoms with Crippen LogP contribution in [0, 0.1) is 0 Å². The lowest BCUT2D eigenvalue weighted by Crippen LogP contribution is -2.36. The molecule has 0 aliphatic rings. The second-order valence-corrected chi connectivity index (χ2v) is 5.05. The maximum atomic E-state index is 11.6. The Hall–Kier alpha value is -2.54. The molecular weight excluding hydrogens is 352 g/mol. The van der Waals surface area contributed by atoms with Gasteiger partial charge in [-0.3, -0.25) is 0 Å². The SMILES string of the molecule is O=C(O)c1nc(N(CCO)CCO)c(C(=O)O)nc1N(CCO)CCO. The van der Waals surface area contributed by atoms with Gasteiger partial charge in [-0.2, -0.15) is 0 Å². The zero-order chi connectivity index (χ0) is 19.7. The molecule has 1 aromatic heterocycles. The predicted molar refractivity (Wildman–Crippen MR) is 88.7 cm³/mol. The molecule has 0 aliphatic carbocycles. The number of aromatic carboxylic acids is 2. The molecule has 0 unspecified atom stereocenters. The van der Waals surface area contributed by atoms with Gasteiger partial charge >= 0.3 is 11.9 Å². The van der Waals surface area contributed by atoms with E-state index in [1.807, 2.05) is 0 Å². The zero-order valence-electron chi connectivity index (χ0n) is 13.9. The third kappa shape index (κ3) is 5.23. The van der Waals surface area contributed by atoms with Gasteiger partial charge in [0.2, 0.25) is 0 Å². The summed E-state index contributed by atoms with van der Waals surface area (Å²) in [4.78, 5) is 33.3. The molecule has 0 aliphatic heterocycles. The Morgan fingerprint density at radius 2 is 0.923 bits per heavy atom. The van der Waals surface area contributed by atoms with Crippen molar-refractivity contribution in [2.75, 3.05) is 62.4 Å². The Morgan fingerprint density at radius 3 is 1.12 bits per heavy atom. The highest BCUT2D eigenvalue weighted by Gasteiger charge is 2.28. The first-order valence-electron chi connectivity index (χ1n) is 7.73. The van der Waals surface area contributed by atoms with Crippen LogP contribution in [0.4, 0.5) is 11.6 Å². The van der Waals surface area contributed by atoms with Crippen molar-refractivity contribution in [3.8, 4) is 0 Å². The van der Waals surface area contributed by atoms with E-state index in [1.165, 1.54) is 9.80 Å². The molecule has 0 saturated carbocycles. The summed E-state index contributed by atoms with van der Waals surface area (Å²) in [6.45, 7) is -1.90. The van der Waals surface area contributed by atoms with Crippen molar-refractivity contribution in [1.82, 2.24) is 9.97 Å². The van der Waals surface area contributed by atoms with Gasteiger partial charge in [0.25, 0.3) is 0 Å². The minimum Gasteiger partial charge on any atom is -0.476 e. The lowest BCUT2D eigenvalue weighted by atomic mass is 10.3. The Bertz CT molecular complexity index is 561. The fraction of sp³-hybridized carbons (Fsp3) is 0.571. The lowest BCUT2D eigenvalue weighted by Gasteiger charge is -2.27. The van der Waals surface area contributed by atoms with Gasteiger partial charge in [-0.15, -0.1) is 0 Å².